The number of nitrogens with zero attached hydrogens (tertiary/aromatic N) is 3. The van der Waals surface area contributed by atoms with Crippen molar-refractivity contribution in [1.82, 2.24) is 13.8 Å². The minimum Gasteiger partial charge on any atom is -0.478 e. The topological polar surface area (TPSA) is 102 Å². The molecular weight excluding hydrogens is 715 g/mol. The largest absolute Gasteiger partial charge is 0.478 e. The van der Waals surface area contributed by atoms with E-state index in [0.29, 0.717) is 16.8 Å². The molecule has 6 rings (SSSR count). The van der Waals surface area contributed by atoms with Crippen LogP contribution in [0.25, 0.3) is 16.6 Å². The number of esters is 1. The molecule has 2 aromatic heterocycles. The van der Waals surface area contributed by atoms with Gasteiger partial charge in [-0.25, -0.2) is 30.0 Å². The van der Waals surface area contributed by atoms with Crippen LogP contribution >= 0.6 is 0 Å². The van der Waals surface area contributed by atoms with E-state index in [1.165, 1.54) is 36.4 Å². The maximum absolute atomic E-state index is 15.8. The average molecular weight is 750 g/mol. The molecule has 4 aromatic carbocycles. The summed E-state index contributed by atoms with van der Waals surface area (Å²) >= 11 is 0. The number of aryl methyl sites for hydroxylation is 2. The minimum atomic E-state index is -4.19. The van der Waals surface area contributed by atoms with Gasteiger partial charge in [-0.05, 0) is 68.7 Å². The van der Waals surface area contributed by atoms with Gasteiger partial charge in [0.25, 0.3) is 10.0 Å². The van der Waals surface area contributed by atoms with Gasteiger partial charge in [-0.1, -0.05) is 42.8 Å². The van der Waals surface area contributed by atoms with Crippen molar-refractivity contribution >= 4 is 26.9 Å². The Morgan fingerprint density at radius 1 is 0.887 bits per heavy atom. The van der Waals surface area contributed by atoms with Gasteiger partial charge in [0.1, 0.15) is 23.1 Å². The lowest BCUT2D eigenvalue weighted by atomic mass is 9.94. The molecule has 0 fully saturated rings. The van der Waals surface area contributed by atoms with Gasteiger partial charge in [0.2, 0.25) is 5.88 Å². The fourth-order valence-corrected chi connectivity index (χ4v) is 7.24. The summed E-state index contributed by atoms with van der Waals surface area (Å²) in [6.45, 7) is 7.31. The molecule has 0 aliphatic rings. The second-order valence-corrected chi connectivity index (χ2v) is 14.0. The summed E-state index contributed by atoms with van der Waals surface area (Å²) < 4.78 is 107. The highest BCUT2D eigenvalue weighted by Crippen LogP contribution is 2.37. The molecule has 2 heterocycles. The number of rotatable bonds is 13. The monoisotopic (exact) mass is 749 g/mol. The Bertz CT molecular complexity index is 2430. The van der Waals surface area contributed by atoms with Gasteiger partial charge in [0.15, 0.2) is 17.4 Å². The van der Waals surface area contributed by atoms with E-state index in [1.807, 2.05) is 0 Å². The van der Waals surface area contributed by atoms with Gasteiger partial charge in [0.05, 0.1) is 29.3 Å². The van der Waals surface area contributed by atoms with Crippen LogP contribution in [0.2, 0.25) is 0 Å². The van der Waals surface area contributed by atoms with Gasteiger partial charge in [-0.3, -0.25) is 4.79 Å². The molecule has 0 aliphatic heterocycles. The molecule has 1 atom stereocenters. The molecule has 14 heteroatoms. The van der Waals surface area contributed by atoms with Crippen LogP contribution in [-0.4, -0.2) is 41.4 Å². The van der Waals surface area contributed by atoms with E-state index in [2.05, 4.69) is 5.10 Å². The van der Waals surface area contributed by atoms with Gasteiger partial charge in [0, 0.05) is 42.1 Å². The van der Waals surface area contributed by atoms with Gasteiger partial charge in [-0.2, -0.15) is 9.78 Å². The van der Waals surface area contributed by atoms with Crippen LogP contribution in [0.3, 0.4) is 0 Å². The third kappa shape index (κ3) is 7.36. The number of ether oxygens (including phenoxy) is 3. The Morgan fingerprint density at radius 2 is 1.64 bits per heavy atom. The Kier molecular flexibility index (Phi) is 10.6. The maximum atomic E-state index is 15.8. The maximum Gasteiger partial charge on any atom is 0.306 e. The van der Waals surface area contributed by atoms with E-state index in [1.54, 1.807) is 58.0 Å². The van der Waals surface area contributed by atoms with Crippen molar-refractivity contribution in [3.8, 4) is 23.1 Å². The molecule has 0 spiro atoms. The van der Waals surface area contributed by atoms with Crippen molar-refractivity contribution in [1.29, 1.82) is 0 Å². The van der Waals surface area contributed by atoms with Crippen LogP contribution in [0.4, 0.5) is 17.6 Å². The van der Waals surface area contributed by atoms with E-state index < -0.39 is 50.9 Å². The lowest BCUT2D eigenvalue weighted by Gasteiger charge is -2.14. The number of fused-ring (bicyclic) bond motifs is 1. The Morgan fingerprint density at radius 3 is 2.36 bits per heavy atom. The molecule has 276 valence electrons. The van der Waals surface area contributed by atoms with E-state index in [-0.39, 0.29) is 59.2 Å². The molecule has 0 saturated heterocycles. The fourth-order valence-electron chi connectivity index (χ4n) is 5.90. The first-order valence-electron chi connectivity index (χ1n) is 16.8. The Balaban J connectivity index is 1.32. The molecule has 0 aliphatic carbocycles. The molecule has 6 aromatic rings. The van der Waals surface area contributed by atoms with Crippen LogP contribution in [-0.2, 0) is 26.0 Å². The lowest BCUT2D eigenvalue weighted by molar-refractivity contribution is -0.143. The van der Waals surface area contributed by atoms with E-state index in [4.69, 9.17) is 14.2 Å². The summed E-state index contributed by atoms with van der Waals surface area (Å²) in [7, 11) is -4.19. The molecule has 53 heavy (non-hydrogen) atoms. The zero-order chi connectivity index (χ0) is 38.0. The predicted octanol–water partition coefficient (Wildman–Crippen LogP) is 8.77. The molecule has 0 saturated carbocycles. The third-order valence-electron chi connectivity index (χ3n) is 8.66. The molecule has 9 nitrogen and oxygen atoms in total. The van der Waals surface area contributed by atoms with Gasteiger partial charge in [-0.15, -0.1) is 0 Å². The Hall–Kier alpha value is -5.63. The van der Waals surface area contributed by atoms with Crippen molar-refractivity contribution in [3.63, 3.8) is 0 Å². The van der Waals surface area contributed by atoms with Crippen molar-refractivity contribution in [2.24, 2.45) is 0 Å². The van der Waals surface area contributed by atoms with Crippen LogP contribution in [0.1, 0.15) is 55.5 Å². The number of hydrogen-bond acceptors (Lipinski definition) is 7. The minimum absolute atomic E-state index is 0.00766. The third-order valence-corrected chi connectivity index (χ3v) is 10.4. The zero-order valence-electron chi connectivity index (χ0n) is 29.2. The van der Waals surface area contributed by atoms with Crippen molar-refractivity contribution in [2.45, 2.75) is 51.3 Å². The summed E-state index contributed by atoms with van der Waals surface area (Å²) in [5, 5.41) is 4.31. The second-order valence-electron chi connectivity index (χ2n) is 12.2. The predicted molar refractivity (Wildman–Crippen MR) is 189 cm³/mol. The van der Waals surface area contributed by atoms with Crippen LogP contribution < -0.4 is 9.47 Å². The summed E-state index contributed by atoms with van der Waals surface area (Å²) in [5.74, 6) is -5.62. The van der Waals surface area contributed by atoms with Crippen molar-refractivity contribution in [2.75, 3.05) is 13.2 Å². The molecule has 1 unspecified atom stereocenters. The fraction of sp³-hybridized carbons (Fsp3) is 0.231. The van der Waals surface area contributed by atoms with Crippen LogP contribution in [0.15, 0.2) is 90.0 Å². The average Bonchev–Trinajstić information content (AvgIpc) is 3.76. The number of carbonyl (C=O) groups excluding carboxylic acids is 1. The van der Waals surface area contributed by atoms with Crippen LogP contribution in [0.5, 0.6) is 17.4 Å². The summed E-state index contributed by atoms with van der Waals surface area (Å²) in [6.07, 6.45) is 1.27. The second kappa shape index (κ2) is 15.2. The quantitative estimate of drug-likeness (QED) is 0.0860. The molecule has 0 amide bonds. The number of hydrogen-bond donors (Lipinski definition) is 0. The smallest absolute Gasteiger partial charge is 0.306 e. The SMILES string of the molecule is CCOC(=O)CCc1cccc(C(C)c2cc(OCC)n(-c3cc(Oc4c(F)cc5c(ccn5S(=O)(=O)c5ccc(C)cc5)c4F)ccc3F)n2)c1F. The van der Waals surface area contributed by atoms with Gasteiger partial charge < -0.3 is 14.2 Å². The number of aromatic nitrogens is 3. The Labute approximate surface area is 303 Å². The van der Waals surface area contributed by atoms with Crippen LogP contribution in [0, 0.1) is 30.2 Å². The van der Waals surface area contributed by atoms with E-state index in [0.717, 1.165) is 32.5 Å². The highest BCUT2D eigenvalue weighted by molar-refractivity contribution is 7.90. The first-order valence-corrected chi connectivity index (χ1v) is 18.2. The first-order chi connectivity index (χ1) is 25.3. The molecule has 0 radical (unpaired) electrons. The molecule has 0 N–H and O–H groups in total. The van der Waals surface area contributed by atoms with Crippen molar-refractivity contribution < 1.29 is 45.0 Å². The lowest BCUT2D eigenvalue weighted by Crippen LogP contribution is -2.12. The standard InChI is InChI=1S/C39H35F4N3O6S/c1-5-50-35-22-32(24(4)28-9-7-8-25(37(28)42)12-17-36(47)51-6-2)44-46(35)34-20-26(13-16-30(34)40)52-39-31(41)21-33-29(38(39)43)18-19-45(33)53(48,49)27-14-10-23(3)11-15-27/h7-11,13-16,18-22,24H,5-6,12,17H2,1-4H3. The first kappa shape index (κ1) is 37.1. The van der Waals surface area contributed by atoms with E-state index in [9.17, 15) is 13.2 Å². The normalized spacial score (nSPS) is 12.2. The highest BCUT2D eigenvalue weighted by atomic mass is 32.2. The molecule has 0 bridgehead atoms. The number of benzene rings is 4. The van der Waals surface area contributed by atoms with Gasteiger partial charge >= 0.3 is 5.97 Å². The summed E-state index contributed by atoms with van der Waals surface area (Å²) in [6, 6.07) is 17.8. The summed E-state index contributed by atoms with van der Waals surface area (Å²) in [5.41, 5.74) is 1.34. The highest BCUT2D eigenvalue weighted by Gasteiger charge is 2.26. The number of carbonyl (C=O) groups is 1. The van der Waals surface area contributed by atoms with Crippen molar-refractivity contribution in [3.05, 3.63) is 131 Å². The molecular formula is C39H35F4N3O6S. The number of halogens is 4. The summed E-state index contributed by atoms with van der Waals surface area (Å²) in [4.78, 5) is 11.8. The zero-order valence-corrected chi connectivity index (χ0v) is 30.0. The van der Waals surface area contributed by atoms with E-state index >= 15 is 17.6 Å².